The fraction of sp³-hybridized carbons (Fsp3) is 0.500. The summed E-state index contributed by atoms with van der Waals surface area (Å²) in [6.45, 7) is 2.15. The lowest BCUT2D eigenvalue weighted by Gasteiger charge is -2.37. The summed E-state index contributed by atoms with van der Waals surface area (Å²) >= 11 is 5.96. The highest BCUT2D eigenvalue weighted by Crippen LogP contribution is 2.26. The molecule has 0 amide bonds. The van der Waals surface area contributed by atoms with E-state index in [2.05, 4.69) is 5.32 Å². The maximum Gasteiger partial charge on any atom is 0.0539 e. The summed E-state index contributed by atoms with van der Waals surface area (Å²) in [6, 6.07) is 7.74. The maximum atomic E-state index is 5.96. The second kappa shape index (κ2) is 5.04. The Bertz CT molecular complexity index is 351. The van der Waals surface area contributed by atoms with Gasteiger partial charge in [-0.2, -0.15) is 0 Å². The number of hydrogen-bond acceptors (Lipinski definition) is 3. The molecule has 0 spiro atoms. The second-order valence-electron chi connectivity index (χ2n) is 4.23. The van der Waals surface area contributed by atoms with Gasteiger partial charge in [0.15, 0.2) is 0 Å². The monoisotopic (exact) mass is 240 g/mol. The van der Waals surface area contributed by atoms with Crippen molar-refractivity contribution in [3.05, 3.63) is 29.3 Å². The molecule has 1 aliphatic heterocycles. The van der Waals surface area contributed by atoms with Gasteiger partial charge in [-0.05, 0) is 31.0 Å². The molecular weight excluding hydrogens is 224 g/mol. The molecule has 1 saturated heterocycles. The minimum absolute atomic E-state index is 0.0388. The largest absolute Gasteiger partial charge is 0.381 e. The average molecular weight is 241 g/mol. The van der Waals surface area contributed by atoms with E-state index in [0.717, 1.165) is 36.8 Å². The van der Waals surface area contributed by atoms with Gasteiger partial charge in [0.05, 0.1) is 5.54 Å². The van der Waals surface area contributed by atoms with Crippen LogP contribution in [0.25, 0.3) is 0 Å². The smallest absolute Gasteiger partial charge is 0.0539 e. The van der Waals surface area contributed by atoms with E-state index in [9.17, 15) is 0 Å². The molecule has 2 rings (SSSR count). The van der Waals surface area contributed by atoms with Crippen LogP contribution in [-0.4, -0.2) is 25.3 Å². The summed E-state index contributed by atoms with van der Waals surface area (Å²) in [7, 11) is 0. The number of anilines is 1. The molecule has 16 heavy (non-hydrogen) atoms. The van der Waals surface area contributed by atoms with Crippen molar-refractivity contribution in [3.8, 4) is 0 Å². The van der Waals surface area contributed by atoms with Crippen molar-refractivity contribution in [2.24, 2.45) is 5.73 Å². The Hall–Kier alpha value is -0.770. The molecule has 4 heteroatoms. The lowest BCUT2D eigenvalue weighted by molar-refractivity contribution is 0.0628. The zero-order valence-electron chi connectivity index (χ0n) is 9.21. The fourth-order valence-corrected chi connectivity index (χ4v) is 2.21. The first-order valence-electron chi connectivity index (χ1n) is 5.56. The molecule has 0 atom stereocenters. The van der Waals surface area contributed by atoms with Crippen LogP contribution in [0.2, 0.25) is 5.02 Å². The van der Waals surface area contributed by atoms with E-state index in [1.165, 1.54) is 0 Å². The quantitative estimate of drug-likeness (QED) is 0.852. The molecule has 3 nitrogen and oxygen atoms in total. The van der Waals surface area contributed by atoms with Crippen LogP contribution in [-0.2, 0) is 4.74 Å². The number of halogens is 1. The SMILES string of the molecule is NCC1(Nc2cccc(Cl)c2)CCOCC1. The molecule has 0 saturated carbocycles. The standard InChI is InChI=1S/C12H17ClN2O/c13-10-2-1-3-11(8-10)15-12(9-14)4-6-16-7-5-12/h1-3,8,15H,4-7,9,14H2. The zero-order valence-corrected chi connectivity index (χ0v) is 9.96. The Kier molecular flexibility index (Phi) is 3.69. The first-order chi connectivity index (χ1) is 7.74. The van der Waals surface area contributed by atoms with Crippen molar-refractivity contribution in [1.29, 1.82) is 0 Å². The summed E-state index contributed by atoms with van der Waals surface area (Å²) in [4.78, 5) is 0. The Morgan fingerprint density at radius 3 is 2.75 bits per heavy atom. The molecular formula is C12H17ClN2O. The molecule has 3 N–H and O–H groups in total. The van der Waals surface area contributed by atoms with Gasteiger partial charge in [0.2, 0.25) is 0 Å². The molecule has 0 bridgehead atoms. The normalized spacial score (nSPS) is 19.4. The van der Waals surface area contributed by atoms with Gasteiger partial charge in [-0.1, -0.05) is 17.7 Å². The van der Waals surface area contributed by atoms with Gasteiger partial charge in [-0.25, -0.2) is 0 Å². The van der Waals surface area contributed by atoms with Crippen LogP contribution in [0.1, 0.15) is 12.8 Å². The predicted octanol–water partition coefficient (Wildman–Crippen LogP) is 2.26. The number of benzene rings is 1. The summed E-state index contributed by atoms with van der Waals surface area (Å²) in [6.07, 6.45) is 1.88. The van der Waals surface area contributed by atoms with Crippen molar-refractivity contribution in [2.45, 2.75) is 18.4 Å². The van der Waals surface area contributed by atoms with E-state index in [0.29, 0.717) is 6.54 Å². The summed E-state index contributed by atoms with van der Waals surface area (Å²) in [5.41, 5.74) is 6.86. The van der Waals surface area contributed by atoms with Crippen LogP contribution >= 0.6 is 11.6 Å². The predicted molar refractivity (Wildman–Crippen MR) is 66.9 cm³/mol. The second-order valence-corrected chi connectivity index (χ2v) is 4.67. The Morgan fingerprint density at radius 1 is 1.38 bits per heavy atom. The third kappa shape index (κ3) is 2.67. The zero-order chi connectivity index (χ0) is 11.4. The van der Waals surface area contributed by atoms with Crippen LogP contribution in [0.5, 0.6) is 0 Å². The summed E-state index contributed by atoms with van der Waals surface area (Å²) in [5.74, 6) is 0. The minimum atomic E-state index is -0.0388. The minimum Gasteiger partial charge on any atom is -0.381 e. The van der Waals surface area contributed by atoms with Gasteiger partial charge < -0.3 is 15.8 Å². The number of hydrogen-bond donors (Lipinski definition) is 2. The number of nitrogens with two attached hydrogens (primary N) is 1. The lowest BCUT2D eigenvalue weighted by atomic mass is 9.90. The van der Waals surface area contributed by atoms with Crippen LogP contribution in [0.4, 0.5) is 5.69 Å². The van der Waals surface area contributed by atoms with Gasteiger partial charge in [-0.15, -0.1) is 0 Å². The third-order valence-electron chi connectivity index (χ3n) is 3.07. The molecule has 0 unspecified atom stereocenters. The molecule has 0 aromatic heterocycles. The molecule has 1 heterocycles. The van der Waals surface area contributed by atoms with Gasteiger partial charge >= 0.3 is 0 Å². The van der Waals surface area contributed by atoms with E-state index in [1.54, 1.807) is 0 Å². The molecule has 1 fully saturated rings. The van der Waals surface area contributed by atoms with E-state index in [-0.39, 0.29) is 5.54 Å². The Labute approximate surface area is 101 Å². The molecule has 0 radical (unpaired) electrons. The fourth-order valence-electron chi connectivity index (χ4n) is 2.01. The highest BCUT2D eigenvalue weighted by atomic mass is 35.5. The maximum absolute atomic E-state index is 5.96. The summed E-state index contributed by atoms with van der Waals surface area (Å²) < 4.78 is 5.37. The third-order valence-corrected chi connectivity index (χ3v) is 3.31. The molecule has 1 aromatic carbocycles. The Morgan fingerprint density at radius 2 is 2.12 bits per heavy atom. The van der Waals surface area contributed by atoms with Gasteiger partial charge in [0, 0.05) is 30.5 Å². The average Bonchev–Trinajstić information content (AvgIpc) is 2.30. The lowest BCUT2D eigenvalue weighted by Crippen LogP contribution is -2.49. The van der Waals surface area contributed by atoms with Gasteiger partial charge in [-0.3, -0.25) is 0 Å². The molecule has 1 aromatic rings. The van der Waals surface area contributed by atoms with E-state index in [4.69, 9.17) is 22.1 Å². The molecule has 0 aliphatic carbocycles. The number of rotatable bonds is 3. The number of ether oxygens (including phenoxy) is 1. The highest BCUT2D eigenvalue weighted by Gasteiger charge is 2.30. The molecule has 1 aliphatic rings. The van der Waals surface area contributed by atoms with Gasteiger partial charge in [0.1, 0.15) is 0 Å². The van der Waals surface area contributed by atoms with Crippen molar-refractivity contribution < 1.29 is 4.74 Å². The van der Waals surface area contributed by atoms with E-state index >= 15 is 0 Å². The van der Waals surface area contributed by atoms with Crippen LogP contribution < -0.4 is 11.1 Å². The van der Waals surface area contributed by atoms with Crippen LogP contribution in [0, 0.1) is 0 Å². The first-order valence-corrected chi connectivity index (χ1v) is 5.93. The highest BCUT2D eigenvalue weighted by molar-refractivity contribution is 6.30. The van der Waals surface area contributed by atoms with Crippen molar-refractivity contribution in [1.82, 2.24) is 0 Å². The van der Waals surface area contributed by atoms with Crippen LogP contribution in [0.15, 0.2) is 24.3 Å². The van der Waals surface area contributed by atoms with E-state index in [1.807, 2.05) is 24.3 Å². The Balaban J connectivity index is 2.11. The van der Waals surface area contributed by atoms with E-state index < -0.39 is 0 Å². The topological polar surface area (TPSA) is 47.3 Å². The first kappa shape index (κ1) is 11.7. The van der Waals surface area contributed by atoms with Crippen molar-refractivity contribution >= 4 is 17.3 Å². The van der Waals surface area contributed by atoms with Gasteiger partial charge in [0.25, 0.3) is 0 Å². The summed E-state index contributed by atoms with van der Waals surface area (Å²) in [5, 5.41) is 4.24. The van der Waals surface area contributed by atoms with Crippen molar-refractivity contribution in [2.75, 3.05) is 25.1 Å². The number of nitrogens with one attached hydrogen (secondary N) is 1. The van der Waals surface area contributed by atoms with Crippen molar-refractivity contribution in [3.63, 3.8) is 0 Å². The molecule has 88 valence electrons. The van der Waals surface area contributed by atoms with Crippen LogP contribution in [0.3, 0.4) is 0 Å².